The molecule has 0 aliphatic carbocycles. The predicted molar refractivity (Wildman–Crippen MR) is 150 cm³/mol. The van der Waals surface area contributed by atoms with Crippen LogP contribution in [-0.2, 0) is 27.7 Å². The topological polar surface area (TPSA) is 125 Å². The van der Waals surface area contributed by atoms with Gasteiger partial charge in [-0.2, -0.15) is 4.31 Å². The lowest BCUT2D eigenvalue weighted by molar-refractivity contribution is 0.0924. The molecule has 1 aromatic heterocycles. The van der Waals surface area contributed by atoms with Gasteiger partial charge in [-0.15, -0.1) is 11.3 Å². The lowest BCUT2D eigenvalue weighted by atomic mass is 10.0. The van der Waals surface area contributed by atoms with Gasteiger partial charge < -0.3 is 10.1 Å². The lowest BCUT2D eigenvalue weighted by Gasteiger charge is -2.30. The summed E-state index contributed by atoms with van der Waals surface area (Å²) in [5.41, 5.74) is 1.34. The average Bonchev–Trinajstić information content (AvgIpc) is 3.05. The molecule has 0 atom stereocenters. The fourth-order valence-electron chi connectivity index (χ4n) is 4.90. The number of hydrogen-bond acceptors (Lipinski definition) is 8. The van der Waals surface area contributed by atoms with Crippen molar-refractivity contribution < 1.29 is 27.5 Å². The van der Waals surface area contributed by atoms with Crippen molar-refractivity contribution in [2.45, 2.75) is 70.4 Å². The number of anilines is 1. The molecule has 0 saturated carbocycles. The van der Waals surface area contributed by atoms with Crippen molar-refractivity contribution >= 4 is 44.3 Å². The molecule has 212 valence electrons. The van der Waals surface area contributed by atoms with E-state index >= 15 is 0 Å². The molecule has 12 heteroatoms. The van der Waals surface area contributed by atoms with Crippen molar-refractivity contribution in [1.82, 2.24) is 14.5 Å². The number of fused-ring (bicyclic) bond motifs is 1. The van der Waals surface area contributed by atoms with E-state index in [2.05, 4.69) is 29.4 Å². The van der Waals surface area contributed by atoms with Crippen LogP contribution in [0.15, 0.2) is 29.2 Å². The van der Waals surface area contributed by atoms with Crippen LogP contribution in [-0.4, -0.2) is 67.8 Å². The summed E-state index contributed by atoms with van der Waals surface area (Å²) in [7, 11) is -3.63. The molecule has 2 aliphatic heterocycles. The number of rotatable bonds is 7. The second-order valence-corrected chi connectivity index (χ2v) is 13.0. The van der Waals surface area contributed by atoms with Crippen LogP contribution in [0.25, 0.3) is 0 Å². The molecule has 3 amide bonds. The second-order valence-electron chi connectivity index (χ2n) is 9.99. The SMILES string of the molecule is CCOC(=O)NC(=O)c1c(NC(=O)c2ccc(S(=O)(=O)N3CCCCCC3)cc2)sc2c1CCN(C(C)C)C2. The molecule has 1 saturated heterocycles. The van der Waals surface area contributed by atoms with E-state index in [4.69, 9.17) is 4.74 Å². The molecule has 0 bridgehead atoms. The zero-order chi connectivity index (χ0) is 28.2. The molecule has 0 unspecified atom stereocenters. The van der Waals surface area contributed by atoms with E-state index in [0.29, 0.717) is 37.1 Å². The fraction of sp³-hybridized carbons (Fsp3) is 0.519. The molecule has 0 radical (unpaired) electrons. The smallest absolute Gasteiger partial charge is 0.414 e. The van der Waals surface area contributed by atoms with Gasteiger partial charge in [0.25, 0.3) is 11.8 Å². The number of sulfonamides is 1. The van der Waals surface area contributed by atoms with Crippen LogP contribution in [0.5, 0.6) is 0 Å². The Morgan fingerprint density at radius 1 is 1.00 bits per heavy atom. The van der Waals surface area contributed by atoms with E-state index in [1.54, 1.807) is 6.92 Å². The quantitative estimate of drug-likeness (QED) is 0.506. The minimum absolute atomic E-state index is 0.122. The largest absolute Gasteiger partial charge is 0.450 e. The number of amides is 3. The van der Waals surface area contributed by atoms with Crippen molar-refractivity contribution in [3.05, 3.63) is 45.8 Å². The van der Waals surface area contributed by atoms with Gasteiger partial charge in [0, 0.05) is 42.7 Å². The summed E-state index contributed by atoms with van der Waals surface area (Å²) >= 11 is 1.31. The predicted octanol–water partition coefficient (Wildman–Crippen LogP) is 4.22. The Labute approximate surface area is 233 Å². The number of benzene rings is 1. The minimum atomic E-state index is -3.63. The Balaban J connectivity index is 1.57. The van der Waals surface area contributed by atoms with Crippen molar-refractivity contribution in [1.29, 1.82) is 0 Å². The van der Waals surface area contributed by atoms with Gasteiger partial charge in [0.1, 0.15) is 5.00 Å². The van der Waals surface area contributed by atoms with Crippen molar-refractivity contribution in [2.24, 2.45) is 0 Å². The van der Waals surface area contributed by atoms with Gasteiger partial charge in [-0.05, 0) is 69.9 Å². The van der Waals surface area contributed by atoms with Gasteiger partial charge in [0.05, 0.1) is 17.1 Å². The normalized spacial score (nSPS) is 16.8. The first-order valence-electron chi connectivity index (χ1n) is 13.4. The molecule has 2 N–H and O–H groups in total. The molecular formula is C27H36N4O6S2. The van der Waals surface area contributed by atoms with Crippen LogP contribution in [0.3, 0.4) is 0 Å². The summed E-state index contributed by atoms with van der Waals surface area (Å²) < 4.78 is 32.6. The number of ether oxygens (including phenoxy) is 1. The molecule has 39 heavy (non-hydrogen) atoms. The van der Waals surface area contributed by atoms with E-state index in [9.17, 15) is 22.8 Å². The van der Waals surface area contributed by atoms with Gasteiger partial charge in [-0.25, -0.2) is 13.2 Å². The van der Waals surface area contributed by atoms with Crippen LogP contribution in [0.1, 0.15) is 77.6 Å². The highest BCUT2D eigenvalue weighted by Crippen LogP contribution is 2.38. The van der Waals surface area contributed by atoms with Crippen LogP contribution >= 0.6 is 11.3 Å². The standard InChI is InChI=1S/C27H36N4O6S2/c1-4-37-27(34)29-25(33)23-21-13-16-30(18(2)3)17-22(21)38-26(23)28-24(32)19-9-11-20(12-10-19)39(35,36)31-14-7-5-6-8-15-31/h9-12,18H,4-8,13-17H2,1-3H3,(H,28,32)(H,29,33,34). The summed E-state index contributed by atoms with van der Waals surface area (Å²) in [6.45, 7) is 8.36. The van der Waals surface area contributed by atoms with Crippen molar-refractivity contribution in [3.8, 4) is 0 Å². The molecule has 2 aromatic rings. The van der Waals surface area contributed by atoms with E-state index in [1.807, 2.05) is 0 Å². The summed E-state index contributed by atoms with van der Waals surface area (Å²) in [6.07, 6.45) is 3.48. The third-order valence-corrected chi connectivity index (χ3v) is 10.1. The van der Waals surface area contributed by atoms with Gasteiger partial charge >= 0.3 is 6.09 Å². The molecule has 10 nitrogen and oxygen atoms in total. The maximum absolute atomic E-state index is 13.2. The molecule has 0 spiro atoms. The number of imide groups is 1. The Morgan fingerprint density at radius 2 is 1.67 bits per heavy atom. The summed E-state index contributed by atoms with van der Waals surface area (Å²) in [6, 6.07) is 6.17. The number of carbonyl (C=O) groups is 3. The zero-order valence-electron chi connectivity index (χ0n) is 22.6. The Morgan fingerprint density at radius 3 is 2.28 bits per heavy atom. The minimum Gasteiger partial charge on any atom is -0.450 e. The third-order valence-electron chi connectivity index (χ3n) is 7.08. The Bertz CT molecular complexity index is 1310. The number of nitrogens with one attached hydrogen (secondary N) is 2. The molecule has 4 rings (SSSR count). The van der Waals surface area contributed by atoms with Gasteiger partial charge in [-0.1, -0.05) is 12.8 Å². The van der Waals surface area contributed by atoms with Gasteiger partial charge in [-0.3, -0.25) is 19.8 Å². The highest BCUT2D eigenvalue weighted by Gasteiger charge is 2.31. The number of thiophene rings is 1. The molecule has 3 heterocycles. The van der Waals surface area contributed by atoms with Crippen LogP contribution < -0.4 is 10.6 Å². The van der Waals surface area contributed by atoms with Crippen molar-refractivity contribution in [2.75, 3.05) is 31.6 Å². The first-order valence-corrected chi connectivity index (χ1v) is 15.7. The molecule has 1 fully saturated rings. The Kier molecular flexibility index (Phi) is 9.42. The van der Waals surface area contributed by atoms with Gasteiger partial charge in [0.15, 0.2) is 0 Å². The fourth-order valence-corrected chi connectivity index (χ4v) is 7.68. The van der Waals surface area contributed by atoms with Crippen molar-refractivity contribution in [3.63, 3.8) is 0 Å². The maximum atomic E-state index is 13.2. The van der Waals surface area contributed by atoms with Crippen LogP contribution in [0, 0.1) is 0 Å². The number of alkyl carbamates (subject to hydrolysis) is 1. The first-order chi connectivity index (χ1) is 18.6. The number of hydrogen-bond donors (Lipinski definition) is 2. The maximum Gasteiger partial charge on any atom is 0.414 e. The van der Waals surface area contributed by atoms with E-state index in [-0.39, 0.29) is 22.6 Å². The highest BCUT2D eigenvalue weighted by molar-refractivity contribution is 7.89. The lowest BCUT2D eigenvalue weighted by Crippen LogP contribution is -2.36. The Hall–Kier alpha value is -2.80. The zero-order valence-corrected chi connectivity index (χ0v) is 24.3. The summed E-state index contributed by atoms with van der Waals surface area (Å²) in [4.78, 5) is 41.7. The number of nitrogens with zero attached hydrogens (tertiary/aromatic N) is 2. The number of carbonyl (C=O) groups excluding carboxylic acids is 3. The van der Waals surface area contributed by atoms with Crippen LogP contribution in [0.2, 0.25) is 0 Å². The molecular weight excluding hydrogens is 540 g/mol. The van der Waals surface area contributed by atoms with E-state index in [1.165, 1.54) is 39.9 Å². The third kappa shape index (κ3) is 6.68. The van der Waals surface area contributed by atoms with E-state index < -0.39 is 27.9 Å². The monoisotopic (exact) mass is 576 g/mol. The van der Waals surface area contributed by atoms with E-state index in [0.717, 1.165) is 42.7 Å². The molecule has 2 aliphatic rings. The highest BCUT2D eigenvalue weighted by atomic mass is 32.2. The second kappa shape index (κ2) is 12.6. The first kappa shape index (κ1) is 29.2. The average molecular weight is 577 g/mol. The molecule has 1 aromatic carbocycles. The van der Waals surface area contributed by atoms with Gasteiger partial charge in [0.2, 0.25) is 10.0 Å². The summed E-state index contributed by atoms with van der Waals surface area (Å²) in [5.74, 6) is -1.10. The van der Waals surface area contributed by atoms with Crippen LogP contribution in [0.4, 0.5) is 9.80 Å². The summed E-state index contributed by atoms with van der Waals surface area (Å²) in [5, 5.41) is 5.43.